The van der Waals surface area contributed by atoms with Crippen LogP contribution in [0, 0.1) is 17.8 Å². The first-order valence-corrected chi connectivity index (χ1v) is 10.8. The zero-order valence-corrected chi connectivity index (χ0v) is 17.2. The standard InChI is InChI=1S/C21H36O7/c1-14(2)27-20(23)13-24-11-15-6-7-16-17(10-22)19(9-18(16)26-12-15)28-21-5-3-4-8-25-21/h14-19,21-22H,3-13H2,1-2H3/t15-,16-,17-,18+,19-,21?/m1/s1. The van der Waals surface area contributed by atoms with Gasteiger partial charge in [0.1, 0.15) is 6.61 Å². The van der Waals surface area contributed by atoms with Crippen molar-refractivity contribution in [2.45, 2.75) is 77.0 Å². The van der Waals surface area contributed by atoms with Crippen molar-refractivity contribution in [2.75, 3.05) is 33.0 Å². The fourth-order valence-electron chi connectivity index (χ4n) is 4.65. The van der Waals surface area contributed by atoms with Crippen molar-refractivity contribution in [3.8, 4) is 0 Å². The molecule has 2 heterocycles. The lowest BCUT2D eigenvalue weighted by atomic mass is 9.88. The first kappa shape index (κ1) is 22.0. The van der Waals surface area contributed by atoms with E-state index in [0.29, 0.717) is 19.1 Å². The van der Waals surface area contributed by atoms with E-state index in [1.54, 1.807) is 0 Å². The van der Waals surface area contributed by atoms with Crippen LogP contribution < -0.4 is 0 Å². The highest BCUT2D eigenvalue weighted by Gasteiger charge is 2.46. The topological polar surface area (TPSA) is 83.5 Å². The number of ether oxygens (including phenoxy) is 5. The monoisotopic (exact) mass is 400 g/mol. The van der Waals surface area contributed by atoms with Crippen molar-refractivity contribution in [1.29, 1.82) is 0 Å². The van der Waals surface area contributed by atoms with Gasteiger partial charge in [-0.1, -0.05) is 0 Å². The van der Waals surface area contributed by atoms with Gasteiger partial charge in [0.25, 0.3) is 0 Å². The Bertz CT molecular complexity index is 477. The number of rotatable bonds is 8. The fraction of sp³-hybridized carbons (Fsp3) is 0.952. The molecule has 0 aromatic carbocycles. The molecule has 0 aromatic heterocycles. The van der Waals surface area contributed by atoms with E-state index in [-0.39, 0.29) is 55.6 Å². The van der Waals surface area contributed by atoms with Gasteiger partial charge in [0.05, 0.1) is 31.5 Å². The molecule has 3 fully saturated rings. The van der Waals surface area contributed by atoms with Crippen molar-refractivity contribution in [1.82, 2.24) is 0 Å². The summed E-state index contributed by atoms with van der Waals surface area (Å²) in [6, 6.07) is 0. The summed E-state index contributed by atoms with van der Waals surface area (Å²) in [7, 11) is 0. The van der Waals surface area contributed by atoms with Crippen LogP contribution >= 0.6 is 0 Å². The SMILES string of the molecule is CC(C)OC(=O)COC[C@H]1CC[C@@H]2[C@@H](CO)[C@H](OC3CCCCO3)C[C@@H]2OC1. The number of carbonyl (C=O) groups excluding carboxylic acids is 1. The van der Waals surface area contributed by atoms with Crippen molar-refractivity contribution in [3.05, 3.63) is 0 Å². The van der Waals surface area contributed by atoms with Crippen LogP contribution in [0.5, 0.6) is 0 Å². The Kier molecular flexibility index (Phi) is 8.53. The van der Waals surface area contributed by atoms with Crippen LogP contribution in [0.2, 0.25) is 0 Å². The van der Waals surface area contributed by atoms with Crippen LogP contribution in [-0.4, -0.2) is 68.7 Å². The lowest BCUT2D eigenvalue weighted by Crippen LogP contribution is -2.33. The third-order valence-corrected chi connectivity index (χ3v) is 6.04. The average Bonchev–Trinajstić information content (AvgIpc) is 2.87. The van der Waals surface area contributed by atoms with Gasteiger partial charge in [-0.3, -0.25) is 0 Å². The van der Waals surface area contributed by atoms with E-state index in [2.05, 4.69) is 0 Å². The van der Waals surface area contributed by atoms with Gasteiger partial charge in [-0.15, -0.1) is 0 Å². The molecule has 2 aliphatic heterocycles. The molecule has 7 nitrogen and oxygen atoms in total. The summed E-state index contributed by atoms with van der Waals surface area (Å²) in [4.78, 5) is 11.6. The van der Waals surface area contributed by atoms with Gasteiger partial charge < -0.3 is 28.8 Å². The lowest BCUT2D eigenvalue weighted by molar-refractivity contribution is -0.198. The van der Waals surface area contributed by atoms with E-state index in [1.165, 1.54) is 0 Å². The summed E-state index contributed by atoms with van der Waals surface area (Å²) in [6.45, 7) is 5.62. The van der Waals surface area contributed by atoms with Crippen LogP contribution in [0.25, 0.3) is 0 Å². The molecule has 3 aliphatic rings. The Morgan fingerprint density at radius 2 is 2.04 bits per heavy atom. The molecule has 3 rings (SSSR count). The highest BCUT2D eigenvalue weighted by atomic mass is 16.7. The molecule has 1 unspecified atom stereocenters. The van der Waals surface area contributed by atoms with Crippen molar-refractivity contribution in [2.24, 2.45) is 17.8 Å². The molecular formula is C21H36O7. The number of hydrogen-bond donors (Lipinski definition) is 1. The van der Waals surface area contributed by atoms with Gasteiger partial charge in [0.2, 0.25) is 0 Å². The van der Waals surface area contributed by atoms with Gasteiger partial charge in [0.15, 0.2) is 6.29 Å². The maximum Gasteiger partial charge on any atom is 0.332 e. The average molecular weight is 401 g/mol. The molecule has 0 radical (unpaired) electrons. The molecule has 162 valence electrons. The van der Waals surface area contributed by atoms with E-state index >= 15 is 0 Å². The first-order chi connectivity index (χ1) is 13.6. The molecule has 0 aromatic rings. The Morgan fingerprint density at radius 3 is 2.75 bits per heavy atom. The maximum absolute atomic E-state index is 11.6. The highest BCUT2D eigenvalue weighted by molar-refractivity contribution is 5.70. The minimum absolute atomic E-state index is 0.00158. The Hall–Kier alpha value is -0.730. The second-order valence-electron chi connectivity index (χ2n) is 8.59. The van der Waals surface area contributed by atoms with E-state index in [4.69, 9.17) is 23.7 Å². The third kappa shape index (κ3) is 6.13. The summed E-state index contributed by atoms with van der Waals surface area (Å²) in [5.74, 6) is 0.329. The summed E-state index contributed by atoms with van der Waals surface area (Å²) in [6.07, 6.45) is 5.77. The highest BCUT2D eigenvalue weighted by Crippen LogP contribution is 2.42. The van der Waals surface area contributed by atoms with Gasteiger partial charge in [0, 0.05) is 31.5 Å². The van der Waals surface area contributed by atoms with Crippen LogP contribution in [0.1, 0.15) is 52.4 Å². The van der Waals surface area contributed by atoms with Gasteiger partial charge in [-0.2, -0.15) is 0 Å². The molecule has 28 heavy (non-hydrogen) atoms. The van der Waals surface area contributed by atoms with Gasteiger partial charge in [-0.05, 0) is 51.9 Å². The van der Waals surface area contributed by atoms with Crippen LogP contribution in [0.3, 0.4) is 0 Å². The van der Waals surface area contributed by atoms with Crippen molar-refractivity contribution in [3.63, 3.8) is 0 Å². The molecule has 1 saturated carbocycles. The Labute approximate surface area is 168 Å². The first-order valence-electron chi connectivity index (χ1n) is 10.8. The van der Waals surface area contributed by atoms with E-state index < -0.39 is 0 Å². The summed E-state index contributed by atoms with van der Waals surface area (Å²) < 4.78 is 28.7. The number of aliphatic hydroxyl groups excluding tert-OH is 1. The predicted octanol–water partition coefficient (Wildman–Crippen LogP) is 2.29. The Balaban J connectivity index is 1.43. The number of esters is 1. The molecule has 0 amide bonds. The van der Waals surface area contributed by atoms with E-state index in [0.717, 1.165) is 45.1 Å². The maximum atomic E-state index is 11.6. The molecule has 6 atom stereocenters. The van der Waals surface area contributed by atoms with Crippen LogP contribution in [0.4, 0.5) is 0 Å². The quantitative estimate of drug-likeness (QED) is 0.626. The van der Waals surface area contributed by atoms with Gasteiger partial charge in [-0.25, -0.2) is 4.79 Å². The van der Waals surface area contributed by atoms with Crippen molar-refractivity contribution >= 4 is 5.97 Å². The zero-order chi connectivity index (χ0) is 19.9. The summed E-state index contributed by atoms with van der Waals surface area (Å²) >= 11 is 0. The normalized spacial score (nSPS) is 36.1. The molecule has 2 saturated heterocycles. The summed E-state index contributed by atoms with van der Waals surface area (Å²) in [5.41, 5.74) is 0. The van der Waals surface area contributed by atoms with Crippen molar-refractivity contribution < 1.29 is 33.6 Å². The predicted molar refractivity (Wildman–Crippen MR) is 102 cm³/mol. The molecule has 1 aliphatic carbocycles. The molecular weight excluding hydrogens is 364 g/mol. The third-order valence-electron chi connectivity index (χ3n) is 6.04. The second-order valence-corrected chi connectivity index (χ2v) is 8.59. The number of aliphatic hydroxyl groups is 1. The fourth-order valence-corrected chi connectivity index (χ4v) is 4.65. The minimum atomic E-state index is -0.327. The molecule has 0 bridgehead atoms. The molecule has 0 spiro atoms. The summed E-state index contributed by atoms with van der Waals surface area (Å²) in [5, 5.41) is 9.98. The van der Waals surface area contributed by atoms with E-state index in [9.17, 15) is 9.90 Å². The largest absolute Gasteiger partial charge is 0.461 e. The molecule has 1 N–H and O–H groups in total. The zero-order valence-electron chi connectivity index (χ0n) is 17.2. The minimum Gasteiger partial charge on any atom is -0.461 e. The lowest BCUT2D eigenvalue weighted by Gasteiger charge is -2.29. The second kappa shape index (κ2) is 10.9. The van der Waals surface area contributed by atoms with E-state index in [1.807, 2.05) is 13.8 Å². The number of carbonyl (C=O) groups is 1. The number of hydrogen-bond acceptors (Lipinski definition) is 7. The van der Waals surface area contributed by atoms with Crippen LogP contribution in [-0.2, 0) is 28.5 Å². The van der Waals surface area contributed by atoms with Gasteiger partial charge >= 0.3 is 5.97 Å². The Morgan fingerprint density at radius 1 is 1.18 bits per heavy atom. The smallest absolute Gasteiger partial charge is 0.332 e. The number of fused-ring (bicyclic) bond motifs is 1. The molecule has 7 heteroatoms. The van der Waals surface area contributed by atoms with Crippen LogP contribution in [0.15, 0.2) is 0 Å².